The molecular formula is C13H20AsN5O2. The van der Waals surface area contributed by atoms with Crippen molar-refractivity contribution in [1.82, 2.24) is 15.2 Å². The van der Waals surface area contributed by atoms with Gasteiger partial charge in [0.1, 0.15) is 0 Å². The molecule has 0 radical (unpaired) electrons. The van der Waals surface area contributed by atoms with Crippen LogP contribution in [0.5, 0.6) is 5.75 Å². The van der Waals surface area contributed by atoms with Crippen molar-refractivity contribution in [2.45, 2.75) is 4.71 Å². The second-order valence-corrected chi connectivity index (χ2v) is 6.27. The Labute approximate surface area is 132 Å². The summed E-state index contributed by atoms with van der Waals surface area (Å²) in [5.74, 6) is 5.69. The number of nitrogens with zero attached hydrogens (tertiary/aromatic N) is 2. The molecule has 0 bridgehead atoms. The van der Waals surface area contributed by atoms with Crippen LogP contribution in [0.15, 0.2) is 24.3 Å². The Kier molecular flexibility index (Phi) is 5.09. The van der Waals surface area contributed by atoms with Crippen LogP contribution < -0.4 is 11.3 Å². The molecule has 1 amide bonds. The number of hydrazine groups is 1. The molecule has 1 aliphatic rings. The fourth-order valence-electron chi connectivity index (χ4n) is 2.26. The number of benzene rings is 1. The van der Waals surface area contributed by atoms with Crippen LogP contribution in [0.1, 0.15) is 10.3 Å². The van der Waals surface area contributed by atoms with E-state index in [1.54, 1.807) is 29.2 Å². The predicted molar refractivity (Wildman–Crippen MR) is 82.6 cm³/mol. The number of rotatable bonds is 2. The topological polar surface area (TPSA) is 106 Å². The Bertz CT molecular complexity index is 514. The van der Waals surface area contributed by atoms with Crippen molar-refractivity contribution in [3.8, 4) is 5.75 Å². The van der Waals surface area contributed by atoms with E-state index in [9.17, 15) is 9.90 Å². The van der Waals surface area contributed by atoms with Crippen molar-refractivity contribution in [3.63, 3.8) is 0 Å². The van der Waals surface area contributed by atoms with Crippen molar-refractivity contribution < 1.29 is 9.90 Å². The summed E-state index contributed by atoms with van der Waals surface area (Å²) in [6.07, 6.45) is 0. The summed E-state index contributed by atoms with van der Waals surface area (Å²) in [4.78, 5) is 16.1. The zero-order chi connectivity index (χ0) is 15.4. The molecule has 2 atom stereocenters. The van der Waals surface area contributed by atoms with Crippen LogP contribution in [0, 0.1) is 5.41 Å². The number of hydrogen-bond acceptors (Lipinski definition) is 4. The van der Waals surface area contributed by atoms with E-state index in [1.807, 2.05) is 4.90 Å². The number of carbonyl (C=O) groups is 1. The molecule has 0 aliphatic carbocycles. The molecule has 7 nitrogen and oxygen atoms in total. The molecule has 8 heteroatoms. The van der Waals surface area contributed by atoms with Gasteiger partial charge in [-0.15, -0.1) is 0 Å². The molecule has 1 aromatic carbocycles. The summed E-state index contributed by atoms with van der Waals surface area (Å²) in [6.45, 7) is 2.37. The van der Waals surface area contributed by atoms with Crippen LogP contribution in [0.25, 0.3) is 0 Å². The first-order valence-corrected chi connectivity index (χ1v) is 8.06. The van der Waals surface area contributed by atoms with Gasteiger partial charge >= 0.3 is 132 Å². The maximum absolute atomic E-state index is 12.5. The summed E-state index contributed by atoms with van der Waals surface area (Å²) in [7, 11) is 0. The summed E-state index contributed by atoms with van der Waals surface area (Å²) < 4.78 is -0.184. The van der Waals surface area contributed by atoms with Crippen molar-refractivity contribution in [2.75, 3.05) is 26.2 Å². The van der Waals surface area contributed by atoms with Crippen molar-refractivity contribution in [1.29, 1.82) is 5.41 Å². The van der Waals surface area contributed by atoms with E-state index in [-0.39, 0.29) is 22.3 Å². The van der Waals surface area contributed by atoms with Crippen LogP contribution in [0.4, 0.5) is 0 Å². The number of nitrogens with one attached hydrogen (secondary N) is 2. The van der Waals surface area contributed by atoms with Crippen LogP contribution in [0.3, 0.4) is 0 Å². The van der Waals surface area contributed by atoms with E-state index in [0.717, 1.165) is 5.56 Å². The van der Waals surface area contributed by atoms with Crippen molar-refractivity contribution >= 4 is 28.7 Å². The zero-order valence-electron chi connectivity index (χ0n) is 11.6. The first kappa shape index (κ1) is 15.7. The molecular weight excluding hydrogens is 333 g/mol. The van der Waals surface area contributed by atoms with Crippen LogP contribution in [-0.4, -0.2) is 69.8 Å². The summed E-state index contributed by atoms with van der Waals surface area (Å²) >= 11 is 1.35. The first-order valence-electron chi connectivity index (χ1n) is 6.66. The number of amides is 1. The number of phenols is 1. The standard InChI is InChI=1S/C13H20AsN5O2/c14-11(9-1-3-10(20)4-2-9)12(21)18-5-7-19(8-6-18)13(15)17-16/h1-4,11,20H,5-8,14,16H2,(H2,15,17)/t11-/m1/s1. The van der Waals surface area contributed by atoms with Gasteiger partial charge in [-0.2, -0.15) is 0 Å². The monoisotopic (exact) mass is 353 g/mol. The van der Waals surface area contributed by atoms with E-state index in [4.69, 9.17) is 11.3 Å². The van der Waals surface area contributed by atoms with Crippen LogP contribution in [0.2, 0.25) is 0 Å². The van der Waals surface area contributed by atoms with Gasteiger partial charge in [0.05, 0.1) is 0 Å². The van der Waals surface area contributed by atoms with E-state index < -0.39 is 0 Å². The average Bonchev–Trinajstić information content (AvgIpc) is 2.53. The Morgan fingerprint density at radius 1 is 1.24 bits per heavy atom. The Morgan fingerprint density at radius 2 is 1.76 bits per heavy atom. The molecule has 114 valence electrons. The van der Waals surface area contributed by atoms with Gasteiger partial charge in [0.15, 0.2) is 0 Å². The Balaban J connectivity index is 1.95. The fraction of sp³-hybridized carbons (Fsp3) is 0.385. The molecule has 0 spiro atoms. The van der Waals surface area contributed by atoms with Gasteiger partial charge in [0, 0.05) is 0 Å². The zero-order valence-corrected chi connectivity index (χ0v) is 14.0. The van der Waals surface area contributed by atoms with Gasteiger partial charge in [-0.3, -0.25) is 0 Å². The predicted octanol–water partition coefficient (Wildman–Crippen LogP) is -1.39. The third-order valence-electron chi connectivity index (χ3n) is 3.56. The molecule has 1 saturated heterocycles. The van der Waals surface area contributed by atoms with Gasteiger partial charge in [-0.05, 0) is 0 Å². The number of phenolic OH excluding ortho intramolecular Hbond substituents is 1. The molecule has 1 unspecified atom stereocenters. The number of nitrogens with two attached hydrogens (primary N) is 1. The normalized spacial score (nSPS) is 16.5. The average molecular weight is 353 g/mol. The number of hydrogen-bond donors (Lipinski definition) is 4. The number of aromatic hydroxyl groups is 1. The van der Waals surface area contributed by atoms with Gasteiger partial charge in [-0.1, -0.05) is 0 Å². The number of piperazine rings is 1. The maximum atomic E-state index is 12.5. The number of guanidine groups is 1. The Hall–Kier alpha value is -1.72. The molecule has 21 heavy (non-hydrogen) atoms. The summed E-state index contributed by atoms with van der Waals surface area (Å²) in [6, 6.07) is 6.76. The SMILES string of the molecule is N=C(NN)N1CCN(C(=O)[C@H]([AsH2])c2ccc(O)cc2)CC1. The van der Waals surface area contributed by atoms with Gasteiger partial charge in [0.25, 0.3) is 0 Å². The third kappa shape index (κ3) is 3.68. The second kappa shape index (κ2) is 6.82. The number of carbonyl (C=O) groups excluding carboxylic acids is 1. The van der Waals surface area contributed by atoms with Crippen LogP contribution >= 0.6 is 0 Å². The second-order valence-electron chi connectivity index (χ2n) is 4.87. The minimum atomic E-state index is -0.184. The molecule has 0 aromatic heterocycles. The third-order valence-corrected chi connectivity index (χ3v) is 4.97. The molecule has 0 saturated carbocycles. The summed E-state index contributed by atoms with van der Waals surface area (Å²) in [5, 5.41) is 16.9. The fourth-order valence-corrected chi connectivity index (χ4v) is 3.17. The first-order chi connectivity index (χ1) is 10.0. The minimum absolute atomic E-state index is 0.0904. The molecule has 5 N–H and O–H groups in total. The molecule has 2 rings (SSSR count). The van der Waals surface area contributed by atoms with Crippen molar-refractivity contribution in [3.05, 3.63) is 29.8 Å². The van der Waals surface area contributed by atoms with Gasteiger partial charge in [0.2, 0.25) is 0 Å². The van der Waals surface area contributed by atoms with E-state index in [1.165, 1.54) is 16.9 Å². The quantitative estimate of drug-likeness (QED) is 0.172. The molecule has 1 aliphatic heterocycles. The molecule has 1 heterocycles. The van der Waals surface area contributed by atoms with E-state index >= 15 is 0 Å². The van der Waals surface area contributed by atoms with Crippen molar-refractivity contribution in [2.24, 2.45) is 5.84 Å². The molecule has 1 aromatic rings. The van der Waals surface area contributed by atoms with E-state index in [0.29, 0.717) is 26.2 Å². The Morgan fingerprint density at radius 3 is 2.29 bits per heavy atom. The van der Waals surface area contributed by atoms with Crippen LogP contribution in [-0.2, 0) is 4.79 Å². The van der Waals surface area contributed by atoms with E-state index in [2.05, 4.69) is 5.43 Å². The van der Waals surface area contributed by atoms with Gasteiger partial charge < -0.3 is 0 Å². The molecule has 1 fully saturated rings. The summed E-state index contributed by atoms with van der Waals surface area (Å²) in [5.41, 5.74) is 3.23. The van der Waals surface area contributed by atoms with Gasteiger partial charge in [-0.25, -0.2) is 0 Å².